The first-order valence-electron chi connectivity index (χ1n) is 4.75. The van der Waals surface area contributed by atoms with E-state index in [1.54, 1.807) is 0 Å². The molecule has 9 heteroatoms. The normalized spacial score (nSPS) is 12.3. The fourth-order valence-corrected chi connectivity index (χ4v) is 1.35. The second-order valence-corrected chi connectivity index (χ2v) is 3.56. The number of aliphatic carboxylic acids is 1. The van der Waals surface area contributed by atoms with E-state index in [1.807, 2.05) is 0 Å². The molecule has 5 nitrogen and oxygen atoms in total. The summed E-state index contributed by atoms with van der Waals surface area (Å²) >= 11 is 0. The minimum absolute atomic E-state index is 1.03. The first-order valence-corrected chi connectivity index (χ1v) is 4.75. The third-order valence-electron chi connectivity index (χ3n) is 2.31. The van der Waals surface area contributed by atoms with Crippen LogP contribution in [0.1, 0.15) is 15.9 Å². The zero-order valence-corrected chi connectivity index (χ0v) is 9.08. The SMILES string of the molecule is NC(Cc1c(F)c(F)c(C(=O)O)c(F)c1F)C(=O)O. The van der Waals surface area contributed by atoms with Gasteiger partial charge in [0.05, 0.1) is 0 Å². The summed E-state index contributed by atoms with van der Waals surface area (Å²) in [5.41, 5.74) is 1.95. The second-order valence-electron chi connectivity index (χ2n) is 3.56. The molecule has 1 aromatic carbocycles. The quantitative estimate of drug-likeness (QED) is 0.562. The number of rotatable bonds is 4. The fourth-order valence-electron chi connectivity index (χ4n) is 1.35. The summed E-state index contributed by atoms with van der Waals surface area (Å²) < 4.78 is 53.3. The molecule has 0 aromatic heterocycles. The average molecular weight is 281 g/mol. The largest absolute Gasteiger partial charge is 0.480 e. The van der Waals surface area contributed by atoms with Gasteiger partial charge in [0.15, 0.2) is 23.3 Å². The fraction of sp³-hybridized carbons (Fsp3) is 0.200. The van der Waals surface area contributed by atoms with Crippen molar-refractivity contribution in [2.45, 2.75) is 12.5 Å². The molecule has 19 heavy (non-hydrogen) atoms. The topological polar surface area (TPSA) is 101 Å². The summed E-state index contributed by atoms with van der Waals surface area (Å²) in [5, 5.41) is 16.9. The van der Waals surface area contributed by atoms with E-state index >= 15 is 0 Å². The molecule has 0 spiro atoms. The smallest absolute Gasteiger partial charge is 0.341 e. The molecule has 0 saturated carbocycles. The number of benzene rings is 1. The Balaban J connectivity index is 3.44. The van der Waals surface area contributed by atoms with Crippen LogP contribution in [0.25, 0.3) is 0 Å². The van der Waals surface area contributed by atoms with Gasteiger partial charge in [-0.05, 0) is 0 Å². The van der Waals surface area contributed by atoms with Gasteiger partial charge in [0.2, 0.25) is 0 Å². The van der Waals surface area contributed by atoms with E-state index in [0.717, 1.165) is 0 Å². The molecule has 0 heterocycles. The lowest BCUT2D eigenvalue weighted by atomic mass is 10.0. The number of carboxylic acid groups (broad SMARTS) is 2. The lowest BCUT2D eigenvalue weighted by Gasteiger charge is -2.11. The number of hydrogen-bond acceptors (Lipinski definition) is 3. The van der Waals surface area contributed by atoms with E-state index in [9.17, 15) is 27.2 Å². The highest BCUT2D eigenvalue weighted by Crippen LogP contribution is 2.25. The third kappa shape index (κ3) is 2.65. The van der Waals surface area contributed by atoms with Crippen molar-refractivity contribution < 1.29 is 37.4 Å². The average Bonchev–Trinajstić information content (AvgIpc) is 2.31. The summed E-state index contributed by atoms with van der Waals surface area (Å²) in [6.07, 6.45) is -1.03. The minimum atomic E-state index is -2.19. The number of nitrogens with two attached hydrogens (primary N) is 1. The Bertz CT molecular complexity index is 532. The molecule has 4 N–H and O–H groups in total. The number of aromatic carboxylic acids is 1. The number of halogens is 4. The minimum Gasteiger partial charge on any atom is -0.480 e. The Hall–Kier alpha value is -2.16. The van der Waals surface area contributed by atoms with Crippen molar-refractivity contribution in [2.75, 3.05) is 0 Å². The molecular formula is C10H7F4NO4. The maximum atomic E-state index is 13.4. The molecule has 0 radical (unpaired) electrons. The maximum Gasteiger partial charge on any atom is 0.341 e. The molecule has 1 unspecified atom stereocenters. The highest BCUT2D eigenvalue weighted by atomic mass is 19.2. The van der Waals surface area contributed by atoms with Gasteiger partial charge in [0, 0.05) is 12.0 Å². The molecule has 1 atom stereocenters. The van der Waals surface area contributed by atoms with E-state index in [0.29, 0.717) is 0 Å². The van der Waals surface area contributed by atoms with E-state index in [-0.39, 0.29) is 0 Å². The van der Waals surface area contributed by atoms with Gasteiger partial charge >= 0.3 is 11.9 Å². The molecule has 0 aliphatic carbocycles. The first-order chi connectivity index (χ1) is 8.68. The summed E-state index contributed by atoms with van der Waals surface area (Å²) in [6.45, 7) is 0. The summed E-state index contributed by atoms with van der Waals surface area (Å²) in [5.74, 6) is -12.0. The molecule has 104 valence electrons. The molecule has 1 rings (SSSR count). The van der Waals surface area contributed by atoms with Crippen LogP contribution in [0, 0.1) is 23.3 Å². The Morgan fingerprint density at radius 3 is 1.74 bits per heavy atom. The molecule has 0 fully saturated rings. The van der Waals surface area contributed by atoms with Gasteiger partial charge in [-0.2, -0.15) is 0 Å². The van der Waals surface area contributed by atoms with Crippen LogP contribution in [0.5, 0.6) is 0 Å². The molecular weight excluding hydrogens is 274 g/mol. The Kier molecular flexibility index (Phi) is 4.10. The van der Waals surface area contributed by atoms with Gasteiger partial charge in [-0.25, -0.2) is 22.4 Å². The second kappa shape index (κ2) is 5.22. The van der Waals surface area contributed by atoms with Gasteiger partial charge < -0.3 is 15.9 Å². The van der Waals surface area contributed by atoms with Crippen molar-refractivity contribution in [2.24, 2.45) is 5.73 Å². The van der Waals surface area contributed by atoms with Crippen molar-refractivity contribution in [3.8, 4) is 0 Å². The predicted octanol–water partition coefficient (Wildman–Crippen LogP) is 0.896. The molecule has 0 amide bonds. The highest BCUT2D eigenvalue weighted by Gasteiger charge is 2.30. The Morgan fingerprint density at radius 2 is 1.42 bits per heavy atom. The number of carbonyl (C=O) groups is 2. The molecule has 0 aliphatic rings. The summed E-state index contributed by atoms with van der Waals surface area (Å²) in [4.78, 5) is 20.9. The van der Waals surface area contributed by atoms with E-state index in [1.165, 1.54) is 0 Å². The van der Waals surface area contributed by atoms with Gasteiger partial charge in [0.1, 0.15) is 11.6 Å². The van der Waals surface area contributed by atoms with Gasteiger partial charge in [-0.3, -0.25) is 4.79 Å². The van der Waals surface area contributed by atoms with Crippen molar-refractivity contribution in [3.05, 3.63) is 34.4 Å². The van der Waals surface area contributed by atoms with Crippen LogP contribution in [0.4, 0.5) is 17.6 Å². The molecule has 1 aromatic rings. The highest BCUT2D eigenvalue weighted by molar-refractivity contribution is 5.88. The van der Waals surface area contributed by atoms with Crippen molar-refractivity contribution in [3.63, 3.8) is 0 Å². The van der Waals surface area contributed by atoms with Crippen molar-refractivity contribution in [1.82, 2.24) is 0 Å². The van der Waals surface area contributed by atoms with Gasteiger partial charge in [0.25, 0.3) is 0 Å². The van der Waals surface area contributed by atoms with Gasteiger partial charge in [-0.1, -0.05) is 0 Å². The molecule has 0 bridgehead atoms. The van der Waals surface area contributed by atoms with Crippen LogP contribution in [0.3, 0.4) is 0 Å². The molecule has 0 aliphatic heterocycles. The van der Waals surface area contributed by atoms with E-state index in [4.69, 9.17) is 15.9 Å². The van der Waals surface area contributed by atoms with Crippen molar-refractivity contribution in [1.29, 1.82) is 0 Å². The lowest BCUT2D eigenvalue weighted by molar-refractivity contribution is -0.138. The standard InChI is InChI=1S/C10H7F4NO4/c11-5-2(1-3(15)9(16)17)6(12)8(14)4(7(5)13)10(18)19/h3H,1,15H2,(H,16,17)(H,18,19). The van der Waals surface area contributed by atoms with E-state index < -0.39 is 58.8 Å². The van der Waals surface area contributed by atoms with Crippen LogP contribution in [-0.4, -0.2) is 28.2 Å². The van der Waals surface area contributed by atoms with Gasteiger partial charge in [-0.15, -0.1) is 0 Å². The Morgan fingerprint density at radius 1 is 1.00 bits per heavy atom. The lowest BCUT2D eigenvalue weighted by Crippen LogP contribution is -2.33. The third-order valence-corrected chi connectivity index (χ3v) is 2.31. The summed E-state index contributed by atoms with van der Waals surface area (Å²) in [7, 11) is 0. The van der Waals surface area contributed by atoms with Crippen LogP contribution >= 0.6 is 0 Å². The molecule has 0 saturated heterocycles. The maximum absolute atomic E-state index is 13.4. The van der Waals surface area contributed by atoms with Crippen LogP contribution in [0.15, 0.2) is 0 Å². The van der Waals surface area contributed by atoms with Crippen molar-refractivity contribution >= 4 is 11.9 Å². The zero-order chi connectivity index (χ0) is 14.9. The monoisotopic (exact) mass is 281 g/mol. The number of carboxylic acids is 2. The number of hydrogen-bond donors (Lipinski definition) is 3. The first kappa shape index (κ1) is 14.9. The Labute approximate surface area is 103 Å². The van der Waals surface area contributed by atoms with Crippen LogP contribution < -0.4 is 5.73 Å². The zero-order valence-electron chi connectivity index (χ0n) is 9.08. The van der Waals surface area contributed by atoms with Crippen LogP contribution in [0.2, 0.25) is 0 Å². The van der Waals surface area contributed by atoms with Crippen LogP contribution in [-0.2, 0) is 11.2 Å². The van der Waals surface area contributed by atoms with E-state index in [2.05, 4.69) is 0 Å². The summed E-state index contributed by atoms with van der Waals surface area (Å²) in [6, 6.07) is -1.79. The predicted molar refractivity (Wildman–Crippen MR) is 52.5 cm³/mol.